The first kappa shape index (κ1) is 19.2. The van der Waals surface area contributed by atoms with Gasteiger partial charge in [-0.1, -0.05) is 48.5 Å². The molecule has 0 spiro atoms. The minimum absolute atomic E-state index is 0.000967. The quantitative estimate of drug-likeness (QED) is 0.619. The van der Waals surface area contributed by atoms with E-state index >= 15 is 0 Å². The monoisotopic (exact) mass is 389 g/mol. The fraction of sp³-hybridized carbons (Fsp3) is 0.333. The molecule has 1 fully saturated rings. The van der Waals surface area contributed by atoms with E-state index in [9.17, 15) is 9.59 Å². The average molecular weight is 389 g/mol. The van der Waals surface area contributed by atoms with Crippen LogP contribution in [-0.4, -0.2) is 34.8 Å². The van der Waals surface area contributed by atoms with Crippen molar-refractivity contribution in [1.29, 1.82) is 0 Å². The fourth-order valence-electron chi connectivity index (χ4n) is 3.93. The summed E-state index contributed by atoms with van der Waals surface area (Å²) in [5, 5.41) is 4.21. The number of benzene rings is 2. The van der Waals surface area contributed by atoms with Crippen LogP contribution in [0.25, 0.3) is 10.9 Å². The molecule has 4 rings (SSSR count). The highest BCUT2D eigenvalue weighted by Gasteiger charge is 2.49. The van der Waals surface area contributed by atoms with Gasteiger partial charge in [-0.2, -0.15) is 0 Å². The third-order valence-corrected chi connectivity index (χ3v) is 5.72. The predicted octanol–water partition coefficient (Wildman–Crippen LogP) is 3.51. The Morgan fingerprint density at radius 3 is 2.62 bits per heavy atom. The van der Waals surface area contributed by atoms with Gasteiger partial charge >= 0.3 is 0 Å². The molecular formula is C24H27N3O2. The minimum Gasteiger partial charge on any atom is -0.361 e. The van der Waals surface area contributed by atoms with Gasteiger partial charge < -0.3 is 15.2 Å². The topological polar surface area (TPSA) is 65.2 Å². The van der Waals surface area contributed by atoms with Crippen molar-refractivity contribution in [3.05, 3.63) is 71.9 Å². The number of carbonyl (C=O) groups excluding carboxylic acids is 2. The van der Waals surface area contributed by atoms with Crippen LogP contribution in [0.4, 0.5) is 0 Å². The summed E-state index contributed by atoms with van der Waals surface area (Å²) >= 11 is 0. The van der Waals surface area contributed by atoms with E-state index in [1.165, 1.54) is 10.9 Å². The Morgan fingerprint density at radius 1 is 1.07 bits per heavy atom. The van der Waals surface area contributed by atoms with Crippen LogP contribution in [0.3, 0.4) is 0 Å². The summed E-state index contributed by atoms with van der Waals surface area (Å²) in [5.74, 6) is -0.269. The lowest BCUT2D eigenvalue weighted by atomic mass is 10.1. The van der Waals surface area contributed by atoms with Gasteiger partial charge in [0.15, 0.2) is 0 Å². The van der Waals surface area contributed by atoms with Crippen molar-refractivity contribution in [1.82, 2.24) is 15.2 Å². The molecule has 0 aliphatic heterocycles. The summed E-state index contributed by atoms with van der Waals surface area (Å²) in [6.45, 7) is 3.82. The molecule has 0 saturated heterocycles. The van der Waals surface area contributed by atoms with Gasteiger partial charge in [-0.15, -0.1) is 0 Å². The standard InChI is InChI=1S/C24H27N3O2/c1-2-27(16-17-8-4-3-5-9-17)24(29)21-14-20(21)23(28)25-13-12-18-15-26-22-11-7-6-10-19(18)22/h3-11,15,20-21,26H,2,12-14,16H2,1H3,(H,25,28). The highest BCUT2D eigenvalue weighted by Crippen LogP contribution is 2.40. The van der Waals surface area contributed by atoms with Gasteiger partial charge in [0.2, 0.25) is 11.8 Å². The first-order valence-electron chi connectivity index (χ1n) is 10.3. The number of hydrogen-bond donors (Lipinski definition) is 2. The van der Waals surface area contributed by atoms with Crippen molar-refractivity contribution in [3.8, 4) is 0 Å². The molecule has 29 heavy (non-hydrogen) atoms. The summed E-state index contributed by atoms with van der Waals surface area (Å²) < 4.78 is 0. The first-order chi connectivity index (χ1) is 14.2. The van der Waals surface area contributed by atoms with Gasteiger partial charge in [0, 0.05) is 36.7 Å². The molecule has 1 aliphatic rings. The summed E-state index contributed by atoms with van der Waals surface area (Å²) in [7, 11) is 0. The van der Waals surface area contributed by atoms with E-state index in [0.29, 0.717) is 26.1 Å². The molecule has 150 valence electrons. The van der Waals surface area contributed by atoms with Crippen LogP contribution in [0.15, 0.2) is 60.8 Å². The lowest BCUT2D eigenvalue weighted by Crippen LogP contribution is -2.34. The molecule has 2 N–H and O–H groups in total. The molecular weight excluding hydrogens is 362 g/mol. The largest absolute Gasteiger partial charge is 0.361 e. The van der Waals surface area contributed by atoms with Gasteiger partial charge in [-0.3, -0.25) is 9.59 Å². The number of nitrogens with one attached hydrogen (secondary N) is 2. The summed E-state index contributed by atoms with van der Waals surface area (Å²) in [5.41, 5.74) is 3.42. The maximum Gasteiger partial charge on any atom is 0.226 e. The molecule has 1 aliphatic carbocycles. The molecule has 3 aromatic rings. The zero-order valence-electron chi connectivity index (χ0n) is 16.7. The van der Waals surface area contributed by atoms with E-state index in [2.05, 4.69) is 16.4 Å². The molecule has 0 radical (unpaired) electrons. The Kier molecular flexibility index (Phi) is 5.65. The predicted molar refractivity (Wildman–Crippen MR) is 114 cm³/mol. The van der Waals surface area contributed by atoms with Crippen molar-refractivity contribution in [2.45, 2.75) is 26.3 Å². The number of nitrogens with zero attached hydrogens (tertiary/aromatic N) is 1. The highest BCUT2D eigenvalue weighted by atomic mass is 16.2. The van der Waals surface area contributed by atoms with E-state index in [0.717, 1.165) is 17.5 Å². The molecule has 2 unspecified atom stereocenters. The van der Waals surface area contributed by atoms with Crippen LogP contribution in [0, 0.1) is 11.8 Å². The highest BCUT2D eigenvalue weighted by molar-refractivity contribution is 5.92. The number of para-hydroxylation sites is 1. The van der Waals surface area contributed by atoms with Crippen LogP contribution < -0.4 is 5.32 Å². The Hall–Kier alpha value is -3.08. The van der Waals surface area contributed by atoms with Gasteiger partial charge in [0.05, 0.1) is 11.8 Å². The second-order valence-electron chi connectivity index (χ2n) is 7.69. The third kappa shape index (κ3) is 4.34. The third-order valence-electron chi connectivity index (χ3n) is 5.72. The number of amides is 2. The Bertz CT molecular complexity index is 996. The molecule has 2 amide bonds. The molecule has 5 heteroatoms. The maximum atomic E-state index is 12.8. The smallest absolute Gasteiger partial charge is 0.226 e. The summed E-state index contributed by atoms with van der Waals surface area (Å²) in [4.78, 5) is 30.4. The Labute approximate surface area is 171 Å². The number of hydrogen-bond acceptors (Lipinski definition) is 2. The van der Waals surface area contributed by atoms with Gasteiger partial charge in [-0.25, -0.2) is 0 Å². The number of aromatic amines is 1. The molecule has 1 heterocycles. The van der Waals surface area contributed by atoms with Crippen LogP contribution in [0.2, 0.25) is 0 Å². The van der Waals surface area contributed by atoms with E-state index in [-0.39, 0.29) is 23.7 Å². The summed E-state index contributed by atoms with van der Waals surface area (Å²) in [6.07, 6.45) is 3.43. The van der Waals surface area contributed by atoms with Crippen LogP contribution in [0.5, 0.6) is 0 Å². The molecule has 5 nitrogen and oxygen atoms in total. The molecule has 0 bridgehead atoms. The molecule has 2 aromatic carbocycles. The lowest BCUT2D eigenvalue weighted by Gasteiger charge is -2.21. The van der Waals surface area contributed by atoms with E-state index < -0.39 is 0 Å². The zero-order chi connectivity index (χ0) is 20.2. The molecule has 1 saturated carbocycles. The number of carbonyl (C=O) groups is 2. The first-order valence-corrected chi connectivity index (χ1v) is 10.3. The van der Waals surface area contributed by atoms with Crippen LogP contribution >= 0.6 is 0 Å². The van der Waals surface area contributed by atoms with Crippen molar-refractivity contribution in [2.75, 3.05) is 13.1 Å². The molecule has 2 atom stereocenters. The average Bonchev–Trinajstić information content (AvgIpc) is 3.46. The maximum absolute atomic E-state index is 12.8. The number of aromatic nitrogens is 1. The van der Waals surface area contributed by atoms with Gasteiger partial charge in [0.25, 0.3) is 0 Å². The van der Waals surface area contributed by atoms with Gasteiger partial charge in [-0.05, 0) is 37.0 Å². The SMILES string of the molecule is CCN(Cc1ccccc1)C(=O)C1CC1C(=O)NCCc1c[nH]c2ccccc12. The van der Waals surface area contributed by atoms with Crippen molar-refractivity contribution < 1.29 is 9.59 Å². The number of fused-ring (bicyclic) bond motifs is 1. The van der Waals surface area contributed by atoms with Crippen molar-refractivity contribution >= 4 is 22.7 Å². The van der Waals surface area contributed by atoms with Crippen molar-refractivity contribution in [3.63, 3.8) is 0 Å². The van der Waals surface area contributed by atoms with E-state index in [4.69, 9.17) is 0 Å². The van der Waals surface area contributed by atoms with E-state index in [1.54, 1.807) is 0 Å². The lowest BCUT2D eigenvalue weighted by molar-refractivity contribution is -0.135. The number of H-pyrrole nitrogens is 1. The minimum atomic E-state index is -0.185. The Morgan fingerprint density at radius 2 is 1.83 bits per heavy atom. The van der Waals surface area contributed by atoms with Crippen molar-refractivity contribution in [2.24, 2.45) is 11.8 Å². The summed E-state index contributed by atoms with van der Waals surface area (Å²) in [6, 6.07) is 18.1. The second kappa shape index (κ2) is 8.52. The number of rotatable bonds is 8. The van der Waals surface area contributed by atoms with Crippen LogP contribution in [-0.2, 0) is 22.6 Å². The Balaban J connectivity index is 1.27. The van der Waals surface area contributed by atoms with Crippen LogP contribution in [0.1, 0.15) is 24.5 Å². The second-order valence-corrected chi connectivity index (χ2v) is 7.69. The van der Waals surface area contributed by atoms with E-state index in [1.807, 2.05) is 66.6 Å². The fourth-order valence-corrected chi connectivity index (χ4v) is 3.93. The normalized spacial score (nSPS) is 17.8. The molecule has 1 aromatic heterocycles. The zero-order valence-corrected chi connectivity index (χ0v) is 16.7. The van der Waals surface area contributed by atoms with Gasteiger partial charge in [0.1, 0.15) is 0 Å².